The lowest BCUT2D eigenvalue weighted by atomic mass is 9.92. The van der Waals surface area contributed by atoms with Crippen molar-refractivity contribution in [3.63, 3.8) is 0 Å². The zero-order valence-corrected chi connectivity index (χ0v) is 21.3. The summed E-state index contributed by atoms with van der Waals surface area (Å²) in [6.07, 6.45) is 3.19. The van der Waals surface area contributed by atoms with Crippen molar-refractivity contribution in [3.05, 3.63) is 100 Å². The van der Waals surface area contributed by atoms with Gasteiger partial charge in [0.15, 0.2) is 6.10 Å². The number of nitrogens with zero attached hydrogens (tertiary/aromatic N) is 1. The molecule has 3 aromatic rings. The maximum Gasteiger partial charge on any atom is 0.326 e. The van der Waals surface area contributed by atoms with Crippen LogP contribution in [0.1, 0.15) is 54.0 Å². The van der Waals surface area contributed by atoms with E-state index in [0.29, 0.717) is 17.4 Å². The van der Waals surface area contributed by atoms with Gasteiger partial charge in [0, 0.05) is 18.5 Å². The van der Waals surface area contributed by atoms with Crippen LogP contribution in [0.3, 0.4) is 0 Å². The summed E-state index contributed by atoms with van der Waals surface area (Å²) in [6, 6.07) is 21.6. The van der Waals surface area contributed by atoms with Crippen LogP contribution in [0.5, 0.6) is 5.75 Å². The Hall–Kier alpha value is -3.35. The highest BCUT2D eigenvalue weighted by molar-refractivity contribution is 6.32. The van der Waals surface area contributed by atoms with Gasteiger partial charge in [0.1, 0.15) is 18.4 Å². The van der Waals surface area contributed by atoms with Crippen molar-refractivity contribution in [1.29, 1.82) is 0 Å². The summed E-state index contributed by atoms with van der Waals surface area (Å²) in [4.78, 5) is 27.8. The summed E-state index contributed by atoms with van der Waals surface area (Å²) < 4.78 is 12.4. The number of fused-ring (bicyclic) bond motifs is 1. The van der Waals surface area contributed by atoms with Gasteiger partial charge >= 0.3 is 5.97 Å². The number of ether oxygens (including phenoxy) is 2. The Labute approximate surface area is 221 Å². The van der Waals surface area contributed by atoms with Crippen molar-refractivity contribution in [2.75, 3.05) is 0 Å². The molecular weight excluding hydrogens is 490 g/mol. The van der Waals surface area contributed by atoms with Crippen LogP contribution in [-0.2, 0) is 33.9 Å². The standard InChI is InChI=1S/C30H30ClNO5/c31-25-16-15-22-18-32(29(33)27(21-11-5-2-6-12-21)37-23-13-7-8-14-23)26(30(34)35)17-24(22)28(25)36-19-20-9-3-1-4-10-20/h1-6,9-12,15-16,23,26-27H,7-8,13-14,17-19H2,(H,34,35)/t26-,27+/m1/s1. The third-order valence-corrected chi connectivity index (χ3v) is 7.47. The molecule has 0 radical (unpaired) electrons. The van der Waals surface area contributed by atoms with Crippen LogP contribution in [0, 0.1) is 0 Å². The van der Waals surface area contributed by atoms with Crippen LogP contribution in [0.2, 0.25) is 5.02 Å². The second kappa shape index (κ2) is 11.4. The van der Waals surface area contributed by atoms with Crippen LogP contribution >= 0.6 is 11.6 Å². The molecule has 1 fully saturated rings. The van der Waals surface area contributed by atoms with Crippen molar-refractivity contribution in [3.8, 4) is 5.75 Å². The molecule has 1 aliphatic heterocycles. The van der Waals surface area contributed by atoms with Gasteiger partial charge in [-0.15, -0.1) is 0 Å². The second-order valence-corrected chi connectivity index (χ2v) is 10.1. The number of hydrogen-bond acceptors (Lipinski definition) is 4. The second-order valence-electron chi connectivity index (χ2n) is 9.65. The SMILES string of the molecule is O=C(O)[C@H]1Cc2c(ccc(Cl)c2OCc2ccccc2)CN1C(=O)[C@@H](OC1CCCC1)c1ccccc1. The monoisotopic (exact) mass is 519 g/mol. The van der Waals surface area contributed by atoms with Crippen LogP contribution < -0.4 is 4.74 Å². The first-order valence-corrected chi connectivity index (χ1v) is 13.1. The molecule has 1 N–H and O–H groups in total. The van der Waals surface area contributed by atoms with Crippen molar-refractivity contribution in [2.24, 2.45) is 0 Å². The zero-order valence-electron chi connectivity index (χ0n) is 20.5. The third-order valence-electron chi connectivity index (χ3n) is 7.18. The molecular formula is C30H30ClNO5. The van der Waals surface area contributed by atoms with Crippen molar-refractivity contribution < 1.29 is 24.2 Å². The maximum atomic E-state index is 14.0. The van der Waals surface area contributed by atoms with Gasteiger partial charge in [0.25, 0.3) is 5.91 Å². The van der Waals surface area contributed by atoms with E-state index in [1.54, 1.807) is 6.07 Å². The van der Waals surface area contributed by atoms with Crippen LogP contribution in [-0.4, -0.2) is 34.0 Å². The van der Waals surface area contributed by atoms with E-state index >= 15 is 0 Å². The normalized spacial score (nSPS) is 18.3. The van der Waals surface area contributed by atoms with Crippen molar-refractivity contribution in [2.45, 2.75) is 63.5 Å². The average Bonchev–Trinajstić information content (AvgIpc) is 3.44. The number of rotatable bonds is 8. The molecule has 0 spiro atoms. The molecule has 0 unspecified atom stereocenters. The summed E-state index contributed by atoms with van der Waals surface area (Å²) in [7, 11) is 0. The highest BCUT2D eigenvalue weighted by atomic mass is 35.5. The molecule has 2 atom stereocenters. The van der Waals surface area contributed by atoms with Gasteiger partial charge in [-0.2, -0.15) is 0 Å². The first-order valence-electron chi connectivity index (χ1n) is 12.7. The molecule has 5 rings (SSSR count). The molecule has 1 heterocycles. The molecule has 192 valence electrons. The Bertz CT molecular complexity index is 1240. The number of hydrogen-bond donors (Lipinski definition) is 1. The van der Waals surface area contributed by atoms with Crippen LogP contribution in [0.4, 0.5) is 0 Å². The van der Waals surface area contributed by atoms with Gasteiger partial charge in [-0.25, -0.2) is 4.79 Å². The molecule has 6 nitrogen and oxygen atoms in total. The molecule has 3 aromatic carbocycles. The van der Waals surface area contributed by atoms with Gasteiger partial charge in [-0.1, -0.05) is 91.2 Å². The number of carbonyl (C=O) groups is 2. The summed E-state index contributed by atoms with van der Waals surface area (Å²) >= 11 is 6.51. The third kappa shape index (κ3) is 5.65. The number of amides is 1. The maximum absolute atomic E-state index is 14.0. The zero-order chi connectivity index (χ0) is 25.8. The molecule has 0 bridgehead atoms. The van der Waals surface area contributed by atoms with E-state index in [-0.39, 0.29) is 25.0 Å². The Morgan fingerprint density at radius 1 is 0.973 bits per heavy atom. The largest absolute Gasteiger partial charge is 0.487 e. The summed E-state index contributed by atoms with van der Waals surface area (Å²) in [5.74, 6) is -0.929. The minimum absolute atomic E-state index is 0.00805. The Kier molecular flexibility index (Phi) is 7.77. The molecule has 37 heavy (non-hydrogen) atoms. The van der Waals surface area contributed by atoms with Crippen molar-refractivity contribution in [1.82, 2.24) is 4.90 Å². The fourth-order valence-electron chi connectivity index (χ4n) is 5.22. The number of carboxylic acids is 1. The van der Waals surface area contributed by atoms with Crippen LogP contribution in [0.25, 0.3) is 0 Å². The number of carbonyl (C=O) groups excluding carboxylic acids is 1. The first-order chi connectivity index (χ1) is 18.0. The summed E-state index contributed by atoms with van der Waals surface area (Å²) in [5.41, 5.74) is 3.27. The predicted octanol–water partition coefficient (Wildman–Crippen LogP) is 5.96. The summed E-state index contributed by atoms with van der Waals surface area (Å²) in [6.45, 7) is 0.448. The number of halogens is 1. The molecule has 7 heteroatoms. The van der Waals surface area contributed by atoms with E-state index in [1.165, 1.54) is 4.90 Å². The van der Waals surface area contributed by atoms with Crippen molar-refractivity contribution >= 4 is 23.5 Å². The minimum Gasteiger partial charge on any atom is -0.487 e. The van der Waals surface area contributed by atoms with E-state index in [2.05, 4.69) is 0 Å². The average molecular weight is 520 g/mol. The molecule has 0 aromatic heterocycles. The van der Waals surface area contributed by atoms with Gasteiger partial charge in [-0.3, -0.25) is 4.79 Å². The highest BCUT2D eigenvalue weighted by Gasteiger charge is 2.40. The van der Waals surface area contributed by atoms with E-state index < -0.39 is 18.1 Å². The Balaban J connectivity index is 1.44. The molecule has 1 saturated carbocycles. The molecule has 1 amide bonds. The van der Waals surface area contributed by atoms with Gasteiger partial charge in [0.2, 0.25) is 0 Å². The first kappa shape index (κ1) is 25.3. The fraction of sp³-hybridized carbons (Fsp3) is 0.333. The van der Waals surface area contributed by atoms with E-state index in [9.17, 15) is 14.7 Å². The number of benzene rings is 3. The lowest BCUT2D eigenvalue weighted by Gasteiger charge is -2.37. The smallest absolute Gasteiger partial charge is 0.326 e. The minimum atomic E-state index is -1.07. The topological polar surface area (TPSA) is 76.1 Å². The lowest BCUT2D eigenvalue weighted by molar-refractivity contribution is -0.160. The van der Waals surface area contributed by atoms with Crippen LogP contribution in [0.15, 0.2) is 72.8 Å². The lowest BCUT2D eigenvalue weighted by Crippen LogP contribution is -2.50. The quantitative estimate of drug-likeness (QED) is 0.397. The number of carboxylic acid groups (broad SMARTS) is 1. The van der Waals surface area contributed by atoms with Gasteiger partial charge in [-0.05, 0) is 35.6 Å². The van der Waals surface area contributed by atoms with E-state index in [1.807, 2.05) is 66.7 Å². The Morgan fingerprint density at radius 2 is 1.65 bits per heavy atom. The van der Waals surface area contributed by atoms with E-state index in [4.69, 9.17) is 21.1 Å². The number of aliphatic carboxylic acids is 1. The fourth-order valence-corrected chi connectivity index (χ4v) is 5.45. The molecule has 2 aliphatic rings. The molecule has 1 aliphatic carbocycles. The highest BCUT2D eigenvalue weighted by Crippen LogP contribution is 2.39. The molecule has 0 saturated heterocycles. The van der Waals surface area contributed by atoms with E-state index in [0.717, 1.165) is 47.9 Å². The van der Waals surface area contributed by atoms with Gasteiger partial charge < -0.3 is 19.5 Å². The summed E-state index contributed by atoms with van der Waals surface area (Å²) in [5, 5.41) is 10.6. The predicted molar refractivity (Wildman–Crippen MR) is 140 cm³/mol. The Morgan fingerprint density at radius 3 is 2.32 bits per heavy atom. The van der Waals surface area contributed by atoms with Gasteiger partial charge in [0.05, 0.1) is 11.1 Å².